The Morgan fingerprint density at radius 1 is 0.857 bits per heavy atom. The Hall–Kier alpha value is 0.491. The summed E-state index contributed by atoms with van der Waals surface area (Å²) in [4.78, 5) is 0. The van der Waals surface area contributed by atoms with Gasteiger partial charge in [-0.3, -0.25) is 0 Å². The monoisotopic (exact) mass is 252 g/mol. The molecule has 1 rings (SSSR count). The first kappa shape index (κ1) is 12.6. The average molecular weight is 252 g/mol. The van der Waals surface area contributed by atoms with Crippen LogP contribution in [0.15, 0.2) is 0 Å². The second-order valence-electron chi connectivity index (χ2n) is 4.71. The van der Waals surface area contributed by atoms with Crippen LogP contribution in [-0.2, 0) is 12.3 Å². The van der Waals surface area contributed by atoms with Crippen LogP contribution in [0.3, 0.4) is 0 Å². The van der Waals surface area contributed by atoms with Crippen molar-refractivity contribution >= 4 is 25.7 Å². The summed E-state index contributed by atoms with van der Waals surface area (Å²) in [6, 6.07) is 0.642. The van der Waals surface area contributed by atoms with Crippen LogP contribution in [0.2, 0.25) is 38.8 Å². The van der Waals surface area contributed by atoms with E-state index >= 15 is 0 Å². The van der Waals surface area contributed by atoms with Crippen molar-refractivity contribution in [2.24, 2.45) is 0 Å². The van der Waals surface area contributed by atoms with Gasteiger partial charge in [-0.1, -0.05) is 0 Å². The van der Waals surface area contributed by atoms with Gasteiger partial charge in [-0.05, 0) is 32.7 Å². The molecule has 1 N–H and O–H groups in total. The molecular weight excluding hydrogens is 232 g/mol. The highest BCUT2D eigenvalue weighted by atomic mass is 28.5. The first-order chi connectivity index (χ1) is 6.18. The third kappa shape index (κ3) is 3.26. The van der Waals surface area contributed by atoms with Gasteiger partial charge in [0, 0.05) is 12.7 Å². The highest BCUT2D eigenvalue weighted by Gasteiger charge is 2.52. The van der Waals surface area contributed by atoms with Crippen molar-refractivity contribution in [1.29, 1.82) is 0 Å². The van der Waals surface area contributed by atoms with Crippen molar-refractivity contribution in [1.82, 2.24) is 0 Å². The van der Waals surface area contributed by atoms with E-state index < -0.39 is 25.7 Å². The van der Waals surface area contributed by atoms with Gasteiger partial charge in [-0.2, -0.15) is 0 Å². The van der Waals surface area contributed by atoms with Gasteiger partial charge < -0.3 is 17.5 Å². The topological polar surface area (TPSA) is 47.9 Å². The molecule has 7 heteroatoms. The van der Waals surface area contributed by atoms with Crippen LogP contribution < -0.4 is 0 Å². The van der Waals surface area contributed by atoms with E-state index in [2.05, 4.69) is 0 Å². The Bertz CT molecular complexity index is 203. The molecule has 0 aromatic heterocycles. The van der Waals surface area contributed by atoms with E-state index in [0.717, 1.165) is 0 Å². The molecule has 0 aromatic rings. The third-order valence-electron chi connectivity index (χ3n) is 1.98. The summed E-state index contributed by atoms with van der Waals surface area (Å²) in [6.07, 6.45) is 0. The highest BCUT2D eigenvalue weighted by molar-refractivity contribution is 6.92. The zero-order valence-corrected chi connectivity index (χ0v) is 12.6. The molecule has 0 radical (unpaired) electrons. The van der Waals surface area contributed by atoms with Crippen molar-refractivity contribution in [2.45, 2.75) is 38.8 Å². The molecule has 84 valence electrons. The zero-order valence-electron chi connectivity index (χ0n) is 9.59. The van der Waals surface area contributed by atoms with Gasteiger partial charge in [-0.15, -0.1) is 0 Å². The zero-order chi connectivity index (χ0) is 11.0. The van der Waals surface area contributed by atoms with E-state index in [4.69, 9.17) is 17.5 Å². The van der Waals surface area contributed by atoms with Gasteiger partial charge >= 0.3 is 25.7 Å². The molecule has 1 fully saturated rings. The number of aliphatic hydroxyl groups excluding tert-OH is 1. The quantitative estimate of drug-likeness (QED) is 0.757. The van der Waals surface area contributed by atoms with Gasteiger partial charge in [0.2, 0.25) is 0 Å². The van der Waals surface area contributed by atoms with Crippen LogP contribution >= 0.6 is 0 Å². The molecular formula is C7H20O4Si3. The highest BCUT2D eigenvalue weighted by Crippen LogP contribution is 2.32. The standard InChI is InChI=1S/C7H20O4Si3/c1-12(2)9-13(3,4)11-14(5,10-12)7-6-8/h8H,6-7H2,1-5H3. The first-order valence-electron chi connectivity index (χ1n) is 4.89. The van der Waals surface area contributed by atoms with Gasteiger partial charge in [-0.25, -0.2) is 0 Å². The van der Waals surface area contributed by atoms with Crippen molar-refractivity contribution in [2.75, 3.05) is 6.61 Å². The summed E-state index contributed by atoms with van der Waals surface area (Å²) in [5.74, 6) is 0. The summed E-state index contributed by atoms with van der Waals surface area (Å²) in [5, 5.41) is 8.99. The molecule has 1 saturated heterocycles. The second kappa shape index (κ2) is 3.81. The Morgan fingerprint density at radius 3 is 1.64 bits per heavy atom. The molecule has 0 spiro atoms. The molecule has 0 aliphatic carbocycles. The van der Waals surface area contributed by atoms with Gasteiger partial charge in [0.15, 0.2) is 0 Å². The van der Waals surface area contributed by atoms with E-state index in [9.17, 15) is 0 Å². The van der Waals surface area contributed by atoms with E-state index in [-0.39, 0.29) is 6.61 Å². The maximum Gasteiger partial charge on any atom is 0.319 e. The molecule has 0 unspecified atom stereocenters. The van der Waals surface area contributed by atoms with Crippen LogP contribution in [0.4, 0.5) is 0 Å². The van der Waals surface area contributed by atoms with E-state index in [1.54, 1.807) is 0 Å². The number of hydrogen-bond donors (Lipinski definition) is 1. The first-order valence-corrected chi connectivity index (χ1v) is 13.1. The molecule has 0 amide bonds. The molecule has 14 heavy (non-hydrogen) atoms. The fraction of sp³-hybridized carbons (Fsp3) is 1.00. The smallest absolute Gasteiger partial charge is 0.319 e. The van der Waals surface area contributed by atoms with Crippen LogP contribution in [0.25, 0.3) is 0 Å². The minimum Gasteiger partial charge on any atom is -0.416 e. The lowest BCUT2D eigenvalue weighted by molar-refractivity contribution is 0.220. The molecule has 1 aliphatic heterocycles. The van der Waals surface area contributed by atoms with Gasteiger partial charge in [0.1, 0.15) is 0 Å². The lowest BCUT2D eigenvalue weighted by Gasteiger charge is -2.47. The van der Waals surface area contributed by atoms with E-state index in [0.29, 0.717) is 6.04 Å². The van der Waals surface area contributed by atoms with Crippen molar-refractivity contribution in [3.63, 3.8) is 0 Å². The molecule has 0 atom stereocenters. The predicted molar refractivity (Wildman–Crippen MR) is 61.7 cm³/mol. The predicted octanol–water partition coefficient (Wildman–Crippen LogP) is 1.52. The lowest BCUT2D eigenvalue weighted by Crippen LogP contribution is -2.65. The van der Waals surface area contributed by atoms with Crippen LogP contribution in [0.5, 0.6) is 0 Å². The minimum absolute atomic E-state index is 0.137. The van der Waals surface area contributed by atoms with Crippen LogP contribution in [0.1, 0.15) is 0 Å². The van der Waals surface area contributed by atoms with Gasteiger partial charge in [0.25, 0.3) is 0 Å². The Kier molecular flexibility index (Phi) is 3.42. The molecule has 1 heterocycles. The Labute approximate surface area is 88.9 Å². The summed E-state index contributed by atoms with van der Waals surface area (Å²) in [7, 11) is -6.18. The summed E-state index contributed by atoms with van der Waals surface area (Å²) >= 11 is 0. The molecule has 0 saturated carbocycles. The Morgan fingerprint density at radius 2 is 1.29 bits per heavy atom. The number of hydrogen-bond acceptors (Lipinski definition) is 4. The van der Waals surface area contributed by atoms with E-state index in [1.165, 1.54) is 0 Å². The third-order valence-corrected chi connectivity index (χ3v) is 14.4. The van der Waals surface area contributed by atoms with Crippen molar-refractivity contribution in [3.05, 3.63) is 0 Å². The maximum absolute atomic E-state index is 8.99. The minimum atomic E-state index is -2.16. The van der Waals surface area contributed by atoms with Crippen LogP contribution in [0, 0.1) is 0 Å². The Balaban J connectivity index is 2.80. The molecule has 0 aromatic carbocycles. The summed E-state index contributed by atoms with van der Waals surface area (Å²) in [6.45, 7) is 10.4. The van der Waals surface area contributed by atoms with E-state index in [1.807, 2.05) is 32.7 Å². The lowest BCUT2D eigenvalue weighted by atomic mass is 10.9. The number of rotatable bonds is 2. The molecule has 4 nitrogen and oxygen atoms in total. The van der Waals surface area contributed by atoms with Crippen LogP contribution in [-0.4, -0.2) is 37.4 Å². The fourth-order valence-electron chi connectivity index (χ4n) is 2.00. The number of aliphatic hydroxyl groups is 1. The molecule has 0 bridgehead atoms. The SMILES string of the molecule is C[Si]1(C)O[Si](C)(C)O[Si](C)(CCO)O1. The second-order valence-corrected chi connectivity index (χ2v) is 15.5. The molecule has 1 aliphatic rings. The fourth-order valence-corrected chi connectivity index (χ4v) is 17.9. The summed E-state index contributed by atoms with van der Waals surface area (Å²) in [5.41, 5.74) is 0. The normalized spacial score (nSPS) is 28.7. The van der Waals surface area contributed by atoms with Crippen molar-refractivity contribution < 1.29 is 17.5 Å². The average Bonchev–Trinajstić information content (AvgIpc) is 1.75. The largest absolute Gasteiger partial charge is 0.416 e. The van der Waals surface area contributed by atoms with Crippen molar-refractivity contribution in [3.8, 4) is 0 Å². The summed E-state index contributed by atoms with van der Waals surface area (Å²) < 4.78 is 17.8. The maximum atomic E-state index is 8.99. The van der Waals surface area contributed by atoms with Gasteiger partial charge in [0.05, 0.1) is 0 Å².